The van der Waals surface area contributed by atoms with E-state index in [1.807, 2.05) is 0 Å². The number of benzene rings is 1. The SMILES string of the molecule is Cn1ncc(Cl)c1S(=O)(=O)N1CCCc2cc(F)c(F)cc21. The first-order valence-electron chi connectivity index (χ1n) is 6.50. The molecule has 9 heteroatoms. The van der Waals surface area contributed by atoms with Crippen molar-refractivity contribution in [2.75, 3.05) is 10.8 Å². The minimum absolute atomic E-state index is 0.0165. The Morgan fingerprint density at radius 2 is 1.95 bits per heavy atom. The van der Waals surface area contributed by atoms with E-state index < -0.39 is 21.7 Å². The molecule has 0 bridgehead atoms. The summed E-state index contributed by atoms with van der Waals surface area (Å²) in [6.45, 7) is 0.169. The Labute approximate surface area is 131 Å². The second kappa shape index (κ2) is 5.20. The number of aryl methyl sites for hydroxylation is 2. The first-order chi connectivity index (χ1) is 10.3. The van der Waals surface area contributed by atoms with E-state index >= 15 is 0 Å². The molecule has 1 aromatic carbocycles. The standard InChI is InChI=1S/C13H12ClF2N3O2S/c1-18-13(9(14)7-17-18)22(20,21)19-4-2-3-8-5-10(15)11(16)6-12(8)19/h5-7H,2-4H2,1H3. The van der Waals surface area contributed by atoms with Crippen LogP contribution in [0.1, 0.15) is 12.0 Å². The van der Waals surface area contributed by atoms with Gasteiger partial charge in [-0.15, -0.1) is 0 Å². The fourth-order valence-corrected chi connectivity index (χ4v) is 4.73. The molecule has 22 heavy (non-hydrogen) atoms. The third-order valence-electron chi connectivity index (χ3n) is 3.57. The van der Waals surface area contributed by atoms with Gasteiger partial charge in [0.1, 0.15) is 0 Å². The predicted octanol–water partition coefficient (Wildman–Crippen LogP) is 2.49. The third-order valence-corrected chi connectivity index (χ3v) is 5.90. The number of nitrogens with zero attached hydrogens (tertiary/aromatic N) is 3. The average Bonchev–Trinajstić information content (AvgIpc) is 2.79. The number of fused-ring (bicyclic) bond motifs is 1. The molecule has 0 unspecified atom stereocenters. The molecule has 0 radical (unpaired) electrons. The van der Waals surface area contributed by atoms with Crippen molar-refractivity contribution in [3.63, 3.8) is 0 Å². The first-order valence-corrected chi connectivity index (χ1v) is 8.32. The van der Waals surface area contributed by atoms with Crippen molar-refractivity contribution in [1.82, 2.24) is 9.78 Å². The van der Waals surface area contributed by atoms with E-state index in [1.54, 1.807) is 0 Å². The lowest BCUT2D eigenvalue weighted by Crippen LogP contribution is -2.36. The number of sulfonamides is 1. The van der Waals surface area contributed by atoms with Crippen LogP contribution >= 0.6 is 11.6 Å². The van der Waals surface area contributed by atoms with E-state index in [0.29, 0.717) is 18.4 Å². The highest BCUT2D eigenvalue weighted by atomic mass is 35.5. The molecular formula is C13H12ClF2N3O2S. The monoisotopic (exact) mass is 347 g/mol. The molecular weight excluding hydrogens is 336 g/mol. The van der Waals surface area contributed by atoms with Crippen LogP contribution in [0.2, 0.25) is 5.02 Å². The fourth-order valence-electron chi connectivity index (χ4n) is 2.59. The zero-order valence-corrected chi connectivity index (χ0v) is 13.1. The Morgan fingerprint density at radius 3 is 2.59 bits per heavy atom. The van der Waals surface area contributed by atoms with Gasteiger partial charge in [0, 0.05) is 19.7 Å². The summed E-state index contributed by atoms with van der Waals surface area (Å²) >= 11 is 5.91. The van der Waals surface area contributed by atoms with Crippen molar-refractivity contribution < 1.29 is 17.2 Å². The summed E-state index contributed by atoms with van der Waals surface area (Å²) in [5.74, 6) is -2.08. The summed E-state index contributed by atoms with van der Waals surface area (Å²) < 4.78 is 54.7. The molecule has 1 aromatic heterocycles. The van der Waals surface area contributed by atoms with Crippen molar-refractivity contribution >= 4 is 27.3 Å². The smallest absolute Gasteiger partial charge is 0.265 e. The van der Waals surface area contributed by atoms with Gasteiger partial charge in [-0.25, -0.2) is 8.78 Å². The molecule has 2 aromatic rings. The van der Waals surface area contributed by atoms with Gasteiger partial charge < -0.3 is 0 Å². The van der Waals surface area contributed by atoms with E-state index in [4.69, 9.17) is 11.6 Å². The molecule has 0 N–H and O–H groups in total. The zero-order chi connectivity index (χ0) is 16.1. The first kappa shape index (κ1) is 15.2. The second-order valence-electron chi connectivity index (χ2n) is 5.00. The largest absolute Gasteiger partial charge is 0.283 e. The predicted molar refractivity (Wildman–Crippen MR) is 77.4 cm³/mol. The normalized spacial score (nSPS) is 15.0. The highest BCUT2D eigenvalue weighted by molar-refractivity contribution is 7.92. The van der Waals surface area contributed by atoms with Gasteiger partial charge in [-0.1, -0.05) is 11.6 Å². The van der Waals surface area contributed by atoms with Crippen LogP contribution in [0, 0.1) is 11.6 Å². The number of halogens is 3. The molecule has 0 spiro atoms. The van der Waals surface area contributed by atoms with Crippen LogP contribution in [0.25, 0.3) is 0 Å². The van der Waals surface area contributed by atoms with Crippen molar-refractivity contribution in [2.45, 2.75) is 17.9 Å². The molecule has 0 saturated heterocycles. The Kier molecular flexibility index (Phi) is 3.60. The number of hydrogen-bond donors (Lipinski definition) is 0. The molecule has 0 aliphatic carbocycles. The van der Waals surface area contributed by atoms with Crippen LogP contribution in [0.15, 0.2) is 23.4 Å². The lowest BCUT2D eigenvalue weighted by Gasteiger charge is -2.30. The van der Waals surface area contributed by atoms with Crippen LogP contribution in [0.4, 0.5) is 14.5 Å². The fraction of sp³-hybridized carbons (Fsp3) is 0.308. The summed E-state index contributed by atoms with van der Waals surface area (Å²) in [6, 6.07) is 1.95. The third kappa shape index (κ3) is 2.26. The van der Waals surface area contributed by atoms with Crippen molar-refractivity contribution in [3.8, 4) is 0 Å². The van der Waals surface area contributed by atoms with Gasteiger partial charge >= 0.3 is 0 Å². The highest BCUT2D eigenvalue weighted by Gasteiger charge is 2.34. The Hall–Kier alpha value is -1.67. The van der Waals surface area contributed by atoms with Crippen molar-refractivity contribution in [2.24, 2.45) is 7.05 Å². The van der Waals surface area contributed by atoms with Gasteiger partial charge in [0.2, 0.25) is 0 Å². The van der Waals surface area contributed by atoms with Crippen molar-refractivity contribution in [3.05, 3.63) is 40.6 Å². The van der Waals surface area contributed by atoms with Crippen LogP contribution in [-0.4, -0.2) is 24.7 Å². The Bertz CT molecular complexity index is 832. The van der Waals surface area contributed by atoms with Crippen LogP contribution in [0.3, 0.4) is 0 Å². The molecule has 1 aliphatic heterocycles. The topological polar surface area (TPSA) is 55.2 Å². The number of rotatable bonds is 2. The van der Waals surface area contributed by atoms with Gasteiger partial charge in [-0.2, -0.15) is 13.5 Å². The molecule has 1 aliphatic rings. The molecule has 118 valence electrons. The maximum atomic E-state index is 13.5. The molecule has 2 heterocycles. The van der Waals surface area contributed by atoms with Crippen LogP contribution < -0.4 is 4.31 Å². The molecule has 0 saturated carbocycles. The number of hydrogen-bond acceptors (Lipinski definition) is 3. The van der Waals surface area contributed by atoms with E-state index in [1.165, 1.54) is 13.2 Å². The molecule has 0 atom stereocenters. The van der Waals surface area contributed by atoms with Gasteiger partial charge in [-0.3, -0.25) is 8.99 Å². The molecule has 3 rings (SSSR count). The minimum Gasteiger partial charge on any atom is -0.265 e. The van der Waals surface area contributed by atoms with Crippen LogP contribution in [0.5, 0.6) is 0 Å². The highest BCUT2D eigenvalue weighted by Crippen LogP contribution is 2.35. The summed E-state index contributed by atoms with van der Waals surface area (Å²) in [5, 5.41) is 3.62. The molecule has 5 nitrogen and oxygen atoms in total. The average molecular weight is 348 g/mol. The Balaban J connectivity index is 2.17. The van der Waals surface area contributed by atoms with Crippen molar-refractivity contribution in [1.29, 1.82) is 0 Å². The minimum atomic E-state index is -4.01. The van der Waals surface area contributed by atoms with Crippen LogP contribution in [-0.2, 0) is 23.5 Å². The van der Waals surface area contributed by atoms with E-state index in [-0.39, 0.29) is 22.3 Å². The lowest BCUT2D eigenvalue weighted by molar-refractivity contribution is 0.505. The maximum Gasteiger partial charge on any atom is 0.283 e. The number of aromatic nitrogens is 2. The van der Waals surface area contributed by atoms with E-state index in [9.17, 15) is 17.2 Å². The number of anilines is 1. The second-order valence-corrected chi connectivity index (χ2v) is 7.18. The quantitative estimate of drug-likeness (QED) is 0.838. The van der Waals surface area contributed by atoms with Gasteiger partial charge in [0.15, 0.2) is 16.7 Å². The summed E-state index contributed by atoms with van der Waals surface area (Å²) in [5.41, 5.74) is 0.592. The van der Waals surface area contributed by atoms with E-state index in [0.717, 1.165) is 21.1 Å². The molecule has 0 fully saturated rings. The maximum absolute atomic E-state index is 13.5. The van der Waals surface area contributed by atoms with E-state index in [2.05, 4.69) is 5.10 Å². The summed E-state index contributed by atoms with van der Waals surface area (Å²) in [6.07, 6.45) is 2.22. The molecule has 0 amide bonds. The van der Waals surface area contributed by atoms with Gasteiger partial charge in [-0.05, 0) is 24.5 Å². The van der Waals surface area contributed by atoms with Gasteiger partial charge in [0.05, 0.1) is 16.9 Å². The Morgan fingerprint density at radius 1 is 1.27 bits per heavy atom. The lowest BCUT2D eigenvalue weighted by atomic mass is 10.0. The zero-order valence-electron chi connectivity index (χ0n) is 11.6. The summed E-state index contributed by atoms with van der Waals surface area (Å²) in [4.78, 5) is 0. The summed E-state index contributed by atoms with van der Waals surface area (Å²) in [7, 11) is -2.56. The van der Waals surface area contributed by atoms with Gasteiger partial charge in [0.25, 0.3) is 10.0 Å².